The first-order chi connectivity index (χ1) is 8.56. The average molecular weight is 246 g/mol. The topological polar surface area (TPSA) is 57.5 Å². The lowest BCUT2D eigenvalue weighted by Gasteiger charge is -2.06. The van der Waals surface area contributed by atoms with Crippen molar-refractivity contribution in [2.75, 3.05) is 0 Å². The molecule has 18 heavy (non-hydrogen) atoms. The minimum Gasteiger partial charge on any atom is -0.508 e. The molecule has 2 N–H and O–H groups in total. The van der Waals surface area contributed by atoms with Gasteiger partial charge in [0.05, 0.1) is 6.42 Å². The Morgan fingerprint density at radius 2 is 1.67 bits per heavy atom. The fourth-order valence-corrected chi connectivity index (χ4v) is 1.71. The lowest BCUT2D eigenvalue weighted by molar-refractivity contribution is -0.136. The molecule has 0 aliphatic heterocycles. The van der Waals surface area contributed by atoms with E-state index in [4.69, 9.17) is 5.11 Å². The monoisotopic (exact) mass is 246 g/mol. The van der Waals surface area contributed by atoms with Crippen LogP contribution in [0.4, 0.5) is 4.39 Å². The van der Waals surface area contributed by atoms with Crippen molar-refractivity contribution in [1.29, 1.82) is 0 Å². The Balaban J connectivity index is 2.40. The Hall–Kier alpha value is -2.36. The van der Waals surface area contributed by atoms with Crippen molar-refractivity contribution in [3.63, 3.8) is 0 Å². The van der Waals surface area contributed by atoms with Gasteiger partial charge in [0.15, 0.2) is 0 Å². The molecule has 0 amide bonds. The predicted molar refractivity (Wildman–Crippen MR) is 64.8 cm³/mol. The summed E-state index contributed by atoms with van der Waals surface area (Å²) in [5, 5.41) is 18.3. The average Bonchev–Trinajstić information content (AvgIpc) is 2.32. The summed E-state index contributed by atoms with van der Waals surface area (Å²) in [7, 11) is 0. The lowest BCUT2D eigenvalue weighted by Crippen LogP contribution is -2.00. The van der Waals surface area contributed by atoms with Gasteiger partial charge >= 0.3 is 5.97 Å². The molecule has 0 atom stereocenters. The molecule has 0 heterocycles. The highest BCUT2D eigenvalue weighted by atomic mass is 19.1. The second-order valence-electron chi connectivity index (χ2n) is 3.92. The van der Waals surface area contributed by atoms with Crippen molar-refractivity contribution in [2.45, 2.75) is 6.42 Å². The van der Waals surface area contributed by atoms with Gasteiger partial charge in [0.2, 0.25) is 0 Å². The Morgan fingerprint density at radius 3 is 2.28 bits per heavy atom. The molecule has 0 unspecified atom stereocenters. The van der Waals surface area contributed by atoms with Gasteiger partial charge in [-0.05, 0) is 35.4 Å². The van der Waals surface area contributed by atoms with Crippen molar-refractivity contribution in [1.82, 2.24) is 0 Å². The first-order valence-corrected chi connectivity index (χ1v) is 5.36. The van der Waals surface area contributed by atoms with Crippen molar-refractivity contribution in [3.05, 3.63) is 53.8 Å². The van der Waals surface area contributed by atoms with E-state index in [-0.39, 0.29) is 18.0 Å². The van der Waals surface area contributed by atoms with Crippen LogP contribution in [0.25, 0.3) is 11.1 Å². The minimum absolute atomic E-state index is 0.0525. The summed E-state index contributed by atoms with van der Waals surface area (Å²) in [5.41, 5.74) is 1.84. The van der Waals surface area contributed by atoms with Gasteiger partial charge in [0.1, 0.15) is 11.6 Å². The number of halogens is 1. The van der Waals surface area contributed by atoms with Gasteiger partial charge in [-0.15, -0.1) is 0 Å². The number of phenolic OH excluding ortho intramolecular Hbond substituents is 1. The Kier molecular flexibility index (Phi) is 3.28. The van der Waals surface area contributed by atoms with E-state index in [1.165, 1.54) is 18.2 Å². The van der Waals surface area contributed by atoms with Crippen LogP contribution in [0, 0.1) is 5.82 Å². The summed E-state index contributed by atoms with van der Waals surface area (Å²) in [5.74, 6) is -1.40. The van der Waals surface area contributed by atoms with Gasteiger partial charge in [0, 0.05) is 5.56 Å². The highest BCUT2D eigenvalue weighted by molar-refractivity contribution is 5.73. The standard InChI is InChI=1S/C14H11FO3/c15-12-4-1-9(2-5-12)10-3-6-13(16)11(7-10)8-14(17)18/h1-7,16H,8H2,(H,17,18). The largest absolute Gasteiger partial charge is 0.508 e. The van der Waals surface area contributed by atoms with Crippen LogP contribution in [0.3, 0.4) is 0 Å². The molecule has 0 radical (unpaired) electrons. The van der Waals surface area contributed by atoms with E-state index in [2.05, 4.69) is 0 Å². The summed E-state index contributed by atoms with van der Waals surface area (Å²) in [4.78, 5) is 10.7. The van der Waals surface area contributed by atoms with Crippen molar-refractivity contribution >= 4 is 5.97 Å². The number of carbonyl (C=O) groups is 1. The molecule has 92 valence electrons. The fraction of sp³-hybridized carbons (Fsp3) is 0.0714. The minimum atomic E-state index is -1.01. The zero-order chi connectivity index (χ0) is 13.1. The van der Waals surface area contributed by atoms with Gasteiger partial charge in [-0.3, -0.25) is 4.79 Å². The van der Waals surface area contributed by atoms with Crippen molar-refractivity contribution in [3.8, 4) is 16.9 Å². The van der Waals surface area contributed by atoms with Crippen LogP contribution in [-0.2, 0) is 11.2 Å². The number of benzene rings is 2. The van der Waals surface area contributed by atoms with E-state index in [0.29, 0.717) is 5.56 Å². The first kappa shape index (κ1) is 12.1. The number of aromatic hydroxyl groups is 1. The quantitative estimate of drug-likeness (QED) is 0.875. The zero-order valence-corrected chi connectivity index (χ0v) is 9.43. The number of phenols is 1. The van der Waals surface area contributed by atoms with Gasteiger partial charge in [-0.25, -0.2) is 4.39 Å². The molecule has 2 aromatic carbocycles. The van der Waals surface area contributed by atoms with E-state index in [1.807, 2.05) is 0 Å². The maximum Gasteiger partial charge on any atom is 0.307 e. The summed E-state index contributed by atoms with van der Waals surface area (Å²) in [6.07, 6.45) is -0.249. The third-order valence-electron chi connectivity index (χ3n) is 2.60. The third-order valence-corrected chi connectivity index (χ3v) is 2.60. The molecular formula is C14H11FO3. The number of carboxylic acid groups (broad SMARTS) is 1. The number of aliphatic carboxylic acids is 1. The zero-order valence-electron chi connectivity index (χ0n) is 9.43. The number of hydrogen-bond donors (Lipinski definition) is 2. The fourth-order valence-electron chi connectivity index (χ4n) is 1.71. The number of carboxylic acids is 1. The van der Waals surface area contributed by atoms with Crippen LogP contribution in [0.1, 0.15) is 5.56 Å². The highest BCUT2D eigenvalue weighted by Gasteiger charge is 2.08. The number of hydrogen-bond acceptors (Lipinski definition) is 2. The van der Waals surface area contributed by atoms with Crippen LogP contribution in [0.5, 0.6) is 5.75 Å². The lowest BCUT2D eigenvalue weighted by atomic mass is 10.0. The molecule has 0 saturated carbocycles. The van der Waals surface area contributed by atoms with Gasteiger partial charge in [-0.1, -0.05) is 18.2 Å². The third kappa shape index (κ3) is 2.66. The Bertz CT molecular complexity index is 576. The van der Waals surface area contributed by atoms with Gasteiger partial charge in [-0.2, -0.15) is 0 Å². The molecule has 0 aliphatic carbocycles. The first-order valence-electron chi connectivity index (χ1n) is 5.36. The SMILES string of the molecule is O=C(O)Cc1cc(-c2ccc(F)cc2)ccc1O. The van der Waals surface area contributed by atoms with Crippen molar-refractivity contribution in [2.24, 2.45) is 0 Å². The smallest absolute Gasteiger partial charge is 0.307 e. The molecule has 0 saturated heterocycles. The summed E-state index contributed by atoms with van der Waals surface area (Å²) >= 11 is 0. The van der Waals surface area contributed by atoms with Crippen LogP contribution < -0.4 is 0 Å². The van der Waals surface area contributed by atoms with E-state index in [1.54, 1.807) is 24.3 Å². The Morgan fingerprint density at radius 1 is 1.06 bits per heavy atom. The molecule has 0 bridgehead atoms. The van der Waals surface area contributed by atoms with Crippen LogP contribution >= 0.6 is 0 Å². The van der Waals surface area contributed by atoms with E-state index >= 15 is 0 Å². The molecule has 0 aromatic heterocycles. The summed E-state index contributed by atoms with van der Waals surface area (Å²) in [6.45, 7) is 0. The van der Waals surface area contributed by atoms with Gasteiger partial charge < -0.3 is 10.2 Å². The van der Waals surface area contributed by atoms with Crippen LogP contribution in [-0.4, -0.2) is 16.2 Å². The maximum atomic E-state index is 12.8. The number of rotatable bonds is 3. The molecule has 2 aromatic rings. The van der Waals surface area contributed by atoms with Crippen molar-refractivity contribution < 1.29 is 19.4 Å². The maximum absolute atomic E-state index is 12.8. The summed E-state index contributed by atoms with van der Waals surface area (Å²) < 4.78 is 12.8. The molecular weight excluding hydrogens is 235 g/mol. The molecule has 0 fully saturated rings. The Labute approximate surface area is 103 Å². The second-order valence-corrected chi connectivity index (χ2v) is 3.92. The molecule has 2 rings (SSSR count). The van der Waals surface area contributed by atoms with E-state index in [0.717, 1.165) is 11.1 Å². The second kappa shape index (κ2) is 4.87. The van der Waals surface area contributed by atoms with E-state index in [9.17, 15) is 14.3 Å². The van der Waals surface area contributed by atoms with Crippen LogP contribution in [0.2, 0.25) is 0 Å². The van der Waals surface area contributed by atoms with E-state index < -0.39 is 5.97 Å². The summed E-state index contributed by atoms with van der Waals surface area (Å²) in [6, 6.07) is 10.6. The van der Waals surface area contributed by atoms with Crippen LogP contribution in [0.15, 0.2) is 42.5 Å². The molecule has 0 spiro atoms. The highest BCUT2D eigenvalue weighted by Crippen LogP contribution is 2.26. The normalized spacial score (nSPS) is 10.3. The van der Waals surface area contributed by atoms with Gasteiger partial charge in [0.25, 0.3) is 0 Å². The molecule has 0 aliphatic rings. The molecule has 4 heteroatoms. The predicted octanol–water partition coefficient (Wildman–Crippen LogP) is 2.83. The molecule has 3 nitrogen and oxygen atoms in total.